The Hall–Kier alpha value is -1.73. The second-order valence-electron chi connectivity index (χ2n) is 4.28. The Labute approximate surface area is 122 Å². The normalized spacial score (nSPS) is 12.7. The molecule has 1 unspecified atom stereocenters. The van der Waals surface area contributed by atoms with Gasteiger partial charge in [0, 0.05) is 16.9 Å². The van der Waals surface area contributed by atoms with Crippen LogP contribution in [0.3, 0.4) is 0 Å². The molecule has 0 aliphatic rings. The first kappa shape index (κ1) is 13.3. The summed E-state index contributed by atoms with van der Waals surface area (Å²) in [6.07, 6.45) is 1.55. The first-order valence-corrected chi connectivity index (χ1v) is 8.33. The quantitative estimate of drug-likeness (QED) is 0.724. The van der Waals surface area contributed by atoms with Crippen LogP contribution in [0.15, 0.2) is 38.8 Å². The SMILES string of the molecule is Cc1cc(CS(=O)Cc2coc(-c3cccs3)n2)on1. The predicted octanol–water partition coefficient (Wildman–Crippen LogP) is 3.15. The third-order valence-corrected chi connectivity index (χ3v) is 4.65. The molecule has 0 aromatic carbocycles. The Morgan fingerprint density at radius 2 is 2.30 bits per heavy atom. The molecular formula is C13H12N2O3S2. The summed E-state index contributed by atoms with van der Waals surface area (Å²) in [5.74, 6) is 1.88. The molecule has 20 heavy (non-hydrogen) atoms. The van der Waals surface area contributed by atoms with Crippen LogP contribution in [0.4, 0.5) is 0 Å². The molecule has 0 N–H and O–H groups in total. The van der Waals surface area contributed by atoms with Crippen molar-refractivity contribution in [2.45, 2.75) is 18.4 Å². The summed E-state index contributed by atoms with van der Waals surface area (Å²) in [5, 5.41) is 5.73. The van der Waals surface area contributed by atoms with Crippen LogP contribution < -0.4 is 0 Å². The molecule has 0 saturated carbocycles. The van der Waals surface area contributed by atoms with Crippen LogP contribution in [0.25, 0.3) is 10.8 Å². The van der Waals surface area contributed by atoms with Crippen LogP contribution in [0, 0.1) is 6.92 Å². The van der Waals surface area contributed by atoms with Crippen LogP contribution in [0.1, 0.15) is 17.1 Å². The summed E-state index contributed by atoms with van der Waals surface area (Å²) in [6.45, 7) is 1.83. The highest BCUT2D eigenvalue weighted by atomic mass is 32.2. The first-order chi connectivity index (χ1) is 9.70. The Morgan fingerprint density at radius 3 is 3.00 bits per heavy atom. The van der Waals surface area contributed by atoms with Crippen molar-refractivity contribution < 1.29 is 13.1 Å². The van der Waals surface area contributed by atoms with Crippen molar-refractivity contribution >= 4 is 22.1 Å². The van der Waals surface area contributed by atoms with Gasteiger partial charge in [0.15, 0.2) is 0 Å². The fourth-order valence-corrected chi connectivity index (χ4v) is 3.42. The zero-order chi connectivity index (χ0) is 13.9. The molecule has 0 radical (unpaired) electrons. The van der Waals surface area contributed by atoms with Gasteiger partial charge >= 0.3 is 0 Å². The zero-order valence-corrected chi connectivity index (χ0v) is 12.4. The molecule has 3 aromatic rings. The van der Waals surface area contributed by atoms with Gasteiger partial charge in [-0.05, 0) is 18.4 Å². The van der Waals surface area contributed by atoms with E-state index in [4.69, 9.17) is 8.94 Å². The molecule has 5 nitrogen and oxygen atoms in total. The average molecular weight is 308 g/mol. The average Bonchev–Trinajstić information content (AvgIpc) is 3.10. The summed E-state index contributed by atoms with van der Waals surface area (Å²) in [7, 11) is -1.09. The molecule has 0 aliphatic carbocycles. The fourth-order valence-electron chi connectivity index (χ4n) is 1.75. The lowest BCUT2D eigenvalue weighted by Crippen LogP contribution is -1.99. The molecular weight excluding hydrogens is 296 g/mol. The number of nitrogens with zero attached hydrogens (tertiary/aromatic N) is 2. The maximum atomic E-state index is 12.0. The van der Waals surface area contributed by atoms with Crippen molar-refractivity contribution in [2.24, 2.45) is 0 Å². The highest BCUT2D eigenvalue weighted by molar-refractivity contribution is 7.83. The summed E-state index contributed by atoms with van der Waals surface area (Å²) in [6, 6.07) is 5.67. The zero-order valence-electron chi connectivity index (χ0n) is 10.7. The number of hydrogen-bond donors (Lipinski definition) is 0. The van der Waals surface area contributed by atoms with E-state index in [1.807, 2.05) is 24.4 Å². The van der Waals surface area contributed by atoms with E-state index in [-0.39, 0.29) is 0 Å². The highest BCUT2D eigenvalue weighted by Crippen LogP contribution is 2.24. The Morgan fingerprint density at radius 1 is 1.40 bits per heavy atom. The van der Waals surface area contributed by atoms with Crippen LogP contribution in [0.5, 0.6) is 0 Å². The van der Waals surface area contributed by atoms with Crippen LogP contribution in [-0.2, 0) is 22.3 Å². The molecule has 0 amide bonds. The van der Waals surface area contributed by atoms with Gasteiger partial charge in [-0.15, -0.1) is 11.3 Å². The van der Waals surface area contributed by atoms with E-state index in [0.29, 0.717) is 28.9 Å². The second kappa shape index (κ2) is 5.72. The monoisotopic (exact) mass is 308 g/mol. The minimum atomic E-state index is -1.09. The number of aromatic nitrogens is 2. The lowest BCUT2D eigenvalue weighted by atomic mass is 10.4. The van der Waals surface area contributed by atoms with Gasteiger partial charge in [0.1, 0.15) is 12.0 Å². The van der Waals surface area contributed by atoms with Crippen LogP contribution in [-0.4, -0.2) is 14.3 Å². The highest BCUT2D eigenvalue weighted by Gasteiger charge is 2.12. The standard InChI is InChI=1S/C13H12N2O3S2/c1-9-5-11(18-15-9)8-20(16)7-10-6-17-13(14-10)12-3-2-4-19-12/h2-6H,7-8H2,1H3. The second-order valence-corrected chi connectivity index (χ2v) is 6.69. The van der Waals surface area contributed by atoms with Gasteiger partial charge in [-0.1, -0.05) is 11.2 Å². The van der Waals surface area contributed by atoms with Gasteiger partial charge in [-0.2, -0.15) is 0 Å². The van der Waals surface area contributed by atoms with E-state index in [1.54, 1.807) is 23.7 Å². The number of hydrogen-bond acceptors (Lipinski definition) is 6. The van der Waals surface area contributed by atoms with E-state index in [0.717, 1.165) is 10.6 Å². The van der Waals surface area contributed by atoms with E-state index >= 15 is 0 Å². The summed E-state index contributed by atoms with van der Waals surface area (Å²) >= 11 is 1.56. The first-order valence-electron chi connectivity index (χ1n) is 5.96. The third kappa shape index (κ3) is 3.05. The summed E-state index contributed by atoms with van der Waals surface area (Å²) in [5.41, 5.74) is 1.47. The van der Waals surface area contributed by atoms with Gasteiger partial charge in [0.2, 0.25) is 5.89 Å². The van der Waals surface area contributed by atoms with E-state index < -0.39 is 10.8 Å². The van der Waals surface area contributed by atoms with Crippen LogP contribution >= 0.6 is 11.3 Å². The van der Waals surface area contributed by atoms with Gasteiger partial charge in [-0.3, -0.25) is 4.21 Å². The Bertz CT molecular complexity index is 716. The lowest BCUT2D eigenvalue weighted by molar-refractivity contribution is 0.390. The van der Waals surface area contributed by atoms with Gasteiger partial charge in [-0.25, -0.2) is 4.98 Å². The largest absolute Gasteiger partial charge is 0.444 e. The van der Waals surface area contributed by atoms with E-state index in [9.17, 15) is 4.21 Å². The van der Waals surface area contributed by atoms with E-state index in [1.165, 1.54) is 0 Å². The Balaban J connectivity index is 1.64. The molecule has 1 atom stereocenters. The van der Waals surface area contributed by atoms with Crippen molar-refractivity contribution in [3.63, 3.8) is 0 Å². The molecule has 104 valence electrons. The van der Waals surface area contributed by atoms with E-state index in [2.05, 4.69) is 10.1 Å². The number of oxazole rings is 1. The van der Waals surface area contributed by atoms with Crippen molar-refractivity contribution in [1.82, 2.24) is 10.1 Å². The van der Waals surface area contributed by atoms with Gasteiger partial charge < -0.3 is 8.94 Å². The number of rotatable bonds is 5. The molecule has 0 spiro atoms. The molecule has 3 rings (SSSR count). The fraction of sp³-hybridized carbons (Fsp3) is 0.231. The number of aryl methyl sites for hydroxylation is 1. The van der Waals surface area contributed by atoms with Crippen LogP contribution in [0.2, 0.25) is 0 Å². The molecule has 0 bridgehead atoms. The van der Waals surface area contributed by atoms with Crippen molar-refractivity contribution in [2.75, 3.05) is 0 Å². The van der Waals surface area contributed by atoms with Crippen molar-refractivity contribution in [3.8, 4) is 10.8 Å². The number of thiophene rings is 1. The molecule has 0 saturated heterocycles. The summed E-state index contributed by atoms with van der Waals surface area (Å²) < 4.78 is 22.5. The molecule has 0 fully saturated rings. The Kier molecular flexibility index (Phi) is 3.79. The molecule has 3 heterocycles. The van der Waals surface area contributed by atoms with Crippen molar-refractivity contribution in [3.05, 3.63) is 47.0 Å². The molecule has 7 heteroatoms. The smallest absolute Gasteiger partial charge is 0.236 e. The maximum absolute atomic E-state index is 12.0. The predicted molar refractivity (Wildman–Crippen MR) is 76.6 cm³/mol. The third-order valence-electron chi connectivity index (χ3n) is 2.57. The minimum Gasteiger partial charge on any atom is -0.444 e. The molecule has 3 aromatic heterocycles. The molecule has 0 aliphatic heterocycles. The maximum Gasteiger partial charge on any atom is 0.236 e. The topological polar surface area (TPSA) is 69.1 Å². The summed E-state index contributed by atoms with van der Waals surface area (Å²) in [4.78, 5) is 5.31. The van der Waals surface area contributed by atoms with Gasteiger partial charge in [0.25, 0.3) is 0 Å². The minimum absolute atomic E-state index is 0.335. The lowest BCUT2D eigenvalue weighted by Gasteiger charge is -1.95. The van der Waals surface area contributed by atoms with Crippen molar-refractivity contribution in [1.29, 1.82) is 0 Å². The van der Waals surface area contributed by atoms with Gasteiger partial charge in [0.05, 0.1) is 27.8 Å².